The van der Waals surface area contributed by atoms with E-state index < -0.39 is 0 Å². The van der Waals surface area contributed by atoms with Crippen LogP contribution in [0.25, 0.3) is 11.0 Å². The van der Waals surface area contributed by atoms with Crippen LogP contribution in [0.15, 0.2) is 30.3 Å². The molecule has 0 amide bonds. The van der Waals surface area contributed by atoms with Crippen molar-refractivity contribution in [3.63, 3.8) is 0 Å². The fourth-order valence-corrected chi connectivity index (χ4v) is 3.14. The number of H-pyrrole nitrogens is 1. The highest BCUT2D eigenvalue weighted by molar-refractivity contribution is 5.90. The van der Waals surface area contributed by atoms with Gasteiger partial charge in [-0.05, 0) is 37.3 Å². The highest BCUT2D eigenvalue weighted by Crippen LogP contribution is 2.27. The Morgan fingerprint density at radius 1 is 1.12 bits per heavy atom. The fraction of sp³-hybridized carbons (Fsp3) is 0.368. The molecule has 1 aliphatic heterocycles. The number of nitrogens with one attached hydrogen (secondary N) is 2. The second kappa shape index (κ2) is 6.84. The molecule has 1 aliphatic rings. The van der Waals surface area contributed by atoms with Gasteiger partial charge in [-0.1, -0.05) is 0 Å². The lowest BCUT2D eigenvalue weighted by Gasteiger charge is -2.28. The molecule has 7 nitrogen and oxygen atoms in total. The first kappa shape index (κ1) is 16.7. The van der Waals surface area contributed by atoms with E-state index >= 15 is 0 Å². The Kier molecular flexibility index (Phi) is 4.38. The normalized spacial score (nSPS) is 14.7. The lowest BCUT2D eigenvalue weighted by molar-refractivity contribution is 0.122. The van der Waals surface area contributed by atoms with Gasteiger partial charge >= 0.3 is 0 Å². The molecule has 136 valence electrons. The molecule has 0 unspecified atom stereocenters. The van der Waals surface area contributed by atoms with Crippen molar-refractivity contribution in [3.05, 3.63) is 36.0 Å². The number of aromatic amines is 1. The maximum Gasteiger partial charge on any atom is 0.228 e. The van der Waals surface area contributed by atoms with Crippen molar-refractivity contribution in [2.24, 2.45) is 0 Å². The maximum atomic E-state index is 5.42. The molecule has 3 heterocycles. The van der Waals surface area contributed by atoms with E-state index in [2.05, 4.69) is 55.5 Å². The van der Waals surface area contributed by atoms with Crippen molar-refractivity contribution < 1.29 is 4.74 Å². The molecule has 0 spiro atoms. The van der Waals surface area contributed by atoms with Crippen molar-refractivity contribution in [1.82, 2.24) is 15.0 Å². The third kappa shape index (κ3) is 3.30. The van der Waals surface area contributed by atoms with Crippen LogP contribution in [0.3, 0.4) is 0 Å². The Labute approximate surface area is 153 Å². The molecule has 7 heteroatoms. The number of aromatic nitrogens is 3. The molecule has 2 N–H and O–H groups in total. The zero-order chi connectivity index (χ0) is 18.1. The van der Waals surface area contributed by atoms with Crippen molar-refractivity contribution >= 4 is 34.2 Å². The molecule has 0 aliphatic carbocycles. The smallest absolute Gasteiger partial charge is 0.228 e. The number of hydrogen-bond acceptors (Lipinski definition) is 6. The molecule has 4 rings (SSSR count). The second-order valence-electron chi connectivity index (χ2n) is 6.75. The zero-order valence-corrected chi connectivity index (χ0v) is 15.4. The van der Waals surface area contributed by atoms with Gasteiger partial charge in [-0.15, -0.1) is 0 Å². The van der Waals surface area contributed by atoms with Crippen molar-refractivity contribution in [3.8, 4) is 0 Å². The Morgan fingerprint density at radius 2 is 1.85 bits per heavy atom. The van der Waals surface area contributed by atoms with Gasteiger partial charge in [-0.2, -0.15) is 9.97 Å². The van der Waals surface area contributed by atoms with Gasteiger partial charge in [-0.25, -0.2) is 0 Å². The number of ether oxygens (including phenoxy) is 1. The highest BCUT2D eigenvalue weighted by Gasteiger charge is 2.13. The van der Waals surface area contributed by atoms with E-state index in [0.29, 0.717) is 5.95 Å². The Hall–Kier alpha value is -2.80. The van der Waals surface area contributed by atoms with Crippen molar-refractivity contribution in [2.75, 3.05) is 55.5 Å². The summed E-state index contributed by atoms with van der Waals surface area (Å²) in [6.45, 7) is 5.48. The minimum atomic E-state index is 0.673. The predicted octanol–water partition coefficient (Wildman–Crippen LogP) is 2.91. The van der Waals surface area contributed by atoms with Crippen LogP contribution in [0.1, 0.15) is 5.69 Å². The first-order chi connectivity index (χ1) is 12.6. The first-order valence-electron chi connectivity index (χ1n) is 8.84. The minimum Gasteiger partial charge on any atom is -0.378 e. The summed E-state index contributed by atoms with van der Waals surface area (Å²) in [4.78, 5) is 16.8. The molecule has 2 aromatic heterocycles. The summed E-state index contributed by atoms with van der Waals surface area (Å²) in [6.07, 6.45) is 0. The van der Waals surface area contributed by atoms with E-state index in [9.17, 15) is 0 Å². The van der Waals surface area contributed by atoms with Gasteiger partial charge < -0.3 is 24.8 Å². The van der Waals surface area contributed by atoms with E-state index in [-0.39, 0.29) is 0 Å². The summed E-state index contributed by atoms with van der Waals surface area (Å²) >= 11 is 0. The summed E-state index contributed by atoms with van der Waals surface area (Å²) < 4.78 is 5.42. The highest BCUT2D eigenvalue weighted by atomic mass is 16.5. The number of hydrogen-bond donors (Lipinski definition) is 2. The van der Waals surface area contributed by atoms with Crippen molar-refractivity contribution in [2.45, 2.75) is 6.92 Å². The SMILES string of the molecule is Cc1cc2c(Nc3ccc(N4CCOCC4)cc3)nc(N(C)C)nc2[nH]1. The largest absolute Gasteiger partial charge is 0.378 e. The summed E-state index contributed by atoms with van der Waals surface area (Å²) in [6, 6.07) is 10.5. The Balaban J connectivity index is 1.62. The molecular weight excluding hydrogens is 328 g/mol. The van der Waals surface area contributed by atoms with Gasteiger partial charge in [0.1, 0.15) is 11.5 Å². The Morgan fingerprint density at radius 3 is 2.54 bits per heavy atom. The van der Waals surface area contributed by atoms with Crippen LogP contribution in [0, 0.1) is 6.92 Å². The summed E-state index contributed by atoms with van der Waals surface area (Å²) in [5.41, 5.74) is 4.13. The van der Waals surface area contributed by atoms with Crippen LogP contribution in [-0.4, -0.2) is 55.4 Å². The van der Waals surface area contributed by atoms with Crippen LogP contribution >= 0.6 is 0 Å². The quantitative estimate of drug-likeness (QED) is 0.752. The van der Waals surface area contributed by atoms with E-state index in [1.165, 1.54) is 5.69 Å². The average molecular weight is 352 g/mol. The number of rotatable bonds is 4. The van der Waals surface area contributed by atoms with Gasteiger partial charge in [0.25, 0.3) is 0 Å². The van der Waals surface area contributed by atoms with Gasteiger partial charge in [0.05, 0.1) is 18.6 Å². The molecule has 3 aromatic rings. The molecule has 1 fully saturated rings. The summed E-state index contributed by atoms with van der Waals surface area (Å²) in [7, 11) is 3.88. The average Bonchev–Trinajstić information content (AvgIpc) is 3.03. The van der Waals surface area contributed by atoms with Crippen LogP contribution in [-0.2, 0) is 4.74 Å². The fourth-order valence-electron chi connectivity index (χ4n) is 3.14. The lowest BCUT2D eigenvalue weighted by Crippen LogP contribution is -2.36. The summed E-state index contributed by atoms with van der Waals surface area (Å²) in [5, 5.41) is 4.44. The van der Waals surface area contributed by atoms with Crippen LogP contribution in [0.4, 0.5) is 23.1 Å². The number of fused-ring (bicyclic) bond motifs is 1. The topological polar surface area (TPSA) is 69.3 Å². The minimum absolute atomic E-state index is 0.673. The first-order valence-corrected chi connectivity index (χ1v) is 8.84. The van der Waals surface area contributed by atoms with Crippen molar-refractivity contribution in [1.29, 1.82) is 0 Å². The number of anilines is 4. The lowest BCUT2D eigenvalue weighted by atomic mass is 10.2. The number of morpholine rings is 1. The molecule has 0 radical (unpaired) electrons. The maximum absolute atomic E-state index is 5.42. The van der Waals surface area contributed by atoms with Gasteiger partial charge in [0, 0.05) is 44.3 Å². The predicted molar refractivity (Wildman–Crippen MR) is 106 cm³/mol. The summed E-state index contributed by atoms with van der Waals surface area (Å²) in [5.74, 6) is 1.48. The van der Waals surface area contributed by atoms with E-state index in [1.54, 1.807) is 0 Å². The van der Waals surface area contributed by atoms with E-state index in [4.69, 9.17) is 4.74 Å². The van der Waals surface area contributed by atoms with Gasteiger partial charge in [0.2, 0.25) is 5.95 Å². The zero-order valence-electron chi connectivity index (χ0n) is 15.4. The molecule has 26 heavy (non-hydrogen) atoms. The molecule has 0 saturated carbocycles. The molecular formula is C19H24N6O. The van der Waals surface area contributed by atoms with E-state index in [1.807, 2.05) is 25.9 Å². The number of aryl methyl sites for hydroxylation is 1. The number of benzene rings is 1. The molecule has 0 atom stereocenters. The van der Waals surface area contributed by atoms with Crippen LogP contribution < -0.4 is 15.1 Å². The molecule has 1 saturated heterocycles. The number of nitrogens with zero attached hydrogens (tertiary/aromatic N) is 4. The third-order valence-electron chi connectivity index (χ3n) is 4.52. The third-order valence-corrected chi connectivity index (χ3v) is 4.52. The van der Waals surface area contributed by atoms with E-state index in [0.717, 1.165) is 54.5 Å². The Bertz CT molecular complexity index is 896. The van der Waals surface area contributed by atoms with Gasteiger partial charge in [0.15, 0.2) is 0 Å². The second-order valence-corrected chi connectivity index (χ2v) is 6.75. The van der Waals surface area contributed by atoms with Gasteiger partial charge in [-0.3, -0.25) is 0 Å². The standard InChI is InChI=1S/C19H24N6O/c1-13-12-16-17(20-13)22-19(24(2)3)23-18(16)21-14-4-6-15(7-5-14)25-8-10-26-11-9-25/h4-7,12H,8-11H2,1-3H3,(H2,20,21,22,23). The molecule has 0 bridgehead atoms. The van der Waals surface area contributed by atoms with Crippen LogP contribution in [0.5, 0.6) is 0 Å². The monoisotopic (exact) mass is 352 g/mol. The molecule has 1 aromatic carbocycles. The van der Waals surface area contributed by atoms with Crippen LogP contribution in [0.2, 0.25) is 0 Å².